The highest BCUT2D eigenvalue weighted by molar-refractivity contribution is 5.90. The number of benzene rings is 1. The molecule has 1 saturated carbocycles. The molecule has 1 amide bonds. The van der Waals surface area contributed by atoms with Gasteiger partial charge in [0.25, 0.3) is 0 Å². The Balaban J connectivity index is 1.72. The number of fused-ring (bicyclic) bond motifs is 1. The molecule has 0 spiro atoms. The molecule has 3 N–H and O–H groups in total. The van der Waals surface area contributed by atoms with E-state index in [4.69, 9.17) is 4.74 Å². The van der Waals surface area contributed by atoms with Crippen LogP contribution in [0, 0.1) is 5.92 Å². The molecule has 134 valence electrons. The van der Waals surface area contributed by atoms with Crippen LogP contribution in [-0.2, 0) is 16.0 Å². The highest BCUT2D eigenvalue weighted by atomic mass is 16.5. The molecule has 1 fully saturated rings. The second-order valence-corrected chi connectivity index (χ2v) is 6.66. The third-order valence-corrected chi connectivity index (χ3v) is 5.01. The minimum Gasteiger partial charge on any atom is -0.497 e. The second-order valence-electron chi connectivity index (χ2n) is 6.66. The molecule has 0 unspecified atom stereocenters. The molecule has 2 aromatic rings. The summed E-state index contributed by atoms with van der Waals surface area (Å²) in [5.74, 6) is -0.705. The van der Waals surface area contributed by atoms with Crippen molar-refractivity contribution in [3.63, 3.8) is 0 Å². The number of rotatable bonds is 5. The highest BCUT2D eigenvalue weighted by Crippen LogP contribution is 2.26. The fraction of sp³-hybridized carbons (Fsp3) is 0.474. The van der Waals surface area contributed by atoms with E-state index < -0.39 is 11.9 Å². The van der Waals surface area contributed by atoms with Gasteiger partial charge in [-0.2, -0.15) is 0 Å². The number of amides is 1. The molecule has 1 aromatic carbocycles. The lowest BCUT2D eigenvalue weighted by Crippen LogP contribution is -2.43. The van der Waals surface area contributed by atoms with E-state index in [-0.39, 0.29) is 18.4 Å². The Hall–Kier alpha value is -2.50. The van der Waals surface area contributed by atoms with Gasteiger partial charge in [-0.3, -0.25) is 9.59 Å². The summed E-state index contributed by atoms with van der Waals surface area (Å²) >= 11 is 0. The molecule has 3 rings (SSSR count). The molecule has 0 radical (unpaired) electrons. The highest BCUT2D eigenvalue weighted by Gasteiger charge is 2.30. The predicted octanol–water partition coefficient (Wildman–Crippen LogP) is 2.87. The number of carbonyl (C=O) groups is 2. The maximum absolute atomic E-state index is 12.5. The molecule has 0 saturated heterocycles. The van der Waals surface area contributed by atoms with Crippen LogP contribution >= 0.6 is 0 Å². The van der Waals surface area contributed by atoms with Crippen LogP contribution in [0.15, 0.2) is 24.4 Å². The van der Waals surface area contributed by atoms with Crippen LogP contribution in [-0.4, -0.2) is 35.1 Å². The minimum absolute atomic E-state index is 0.137. The normalized spacial score (nSPS) is 20.8. The van der Waals surface area contributed by atoms with Gasteiger partial charge in [0.1, 0.15) is 5.75 Å². The van der Waals surface area contributed by atoms with Gasteiger partial charge in [-0.05, 0) is 36.6 Å². The number of hydrogen-bond donors (Lipinski definition) is 3. The lowest BCUT2D eigenvalue weighted by molar-refractivity contribution is -0.143. The summed E-state index contributed by atoms with van der Waals surface area (Å²) in [6.07, 6.45) is 6.29. The van der Waals surface area contributed by atoms with Crippen molar-refractivity contribution >= 4 is 22.8 Å². The Morgan fingerprint density at radius 2 is 2.08 bits per heavy atom. The van der Waals surface area contributed by atoms with Crippen LogP contribution in [0.4, 0.5) is 0 Å². The average molecular weight is 344 g/mol. The zero-order valence-electron chi connectivity index (χ0n) is 14.4. The molecular weight excluding hydrogens is 320 g/mol. The van der Waals surface area contributed by atoms with Gasteiger partial charge < -0.3 is 20.1 Å². The van der Waals surface area contributed by atoms with Gasteiger partial charge in [0.2, 0.25) is 5.91 Å². The summed E-state index contributed by atoms with van der Waals surface area (Å²) in [5, 5.41) is 13.3. The van der Waals surface area contributed by atoms with Crippen molar-refractivity contribution < 1.29 is 19.4 Å². The van der Waals surface area contributed by atoms with Crippen molar-refractivity contribution in [2.24, 2.45) is 5.92 Å². The van der Waals surface area contributed by atoms with Crippen molar-refractivity contribution in [1.29, 1.82) is 0 Å². The summed E-state index contributed by atoms with van der Waals surface area (Å²) in [4.78, 5) is 27.2. The Morgan fingerprint density at radius 3 is 2.84 bits per heavy atom. The Labute approximate surface area is 146 Å². The van der Waals surface area contributed by atoms with E-state index in [9.17, 15) is 14.7 Å². The maximum atomic E-state index is 12.5. The number of nitrogens with one attached hydrogen (secondary N) is 2. The van der Waals surface area contributed by atoms with Crippen LogP contribution in [0.2, 0.25) is 0 Å². The largest absolute Gasteiger partial charge is 0.497 e. The van der Waals surface area contributed by atoms with Crippen molar-refractivity contribution in [3.05, 3.63) is 30.0 Å². The molecule has 25 heavy (non-hydrogen) atoms. The Bertz CT molecular complexity index is 768. The monoisotopic (exact) mass is 344 g/mol. The average Bonchev–Trinajstić information content (AvgIpc) is 2.83. The van der Waals surface area contributed by atoms with E-state index >= 15 is 0 Å². The van der Waals surface area contributed by atoms with E-state index in [0.717, 1.165) is 47.9 Å². The first kappa shape index (κ1) is 17.3. The second kappa shape index (κ2) is 7.59. The predicted molar refractivity (Wildman–Crippen MR) is 94.7 cm³/mol. The third-order valence-electron chi connectivity index (χ3n) is 5.01. The summed E-state index contributed by atoms with van der Waals surface area (Å²) < 4.78 is 5.25. The Morgan fingerprint density at radius 1 is 1.28 bits per heavy atom. The number of H-pyrrole nitrogens is 1. The zero-order chi connectivity index (χ0) is 17.8. The summed E-state index contributed by atoms with van der Waals surface area (Å²) in [7, 11) is 1.61. The van der Waals surface area contributed by atoms with Crippen molar-refractivity contribution in [1.82, 2.24) is 10.3 Å². The van der Waals surface area contributed by atoms with Crippen LogP contribution in [0.5, 0.6) is 5.75 Å². The van der Waals surface area contributed by atoms with E-state index in [1.807, 2.05) is 24.4 Å². The number of carboxylic acids is 1. The molecule has 0 aliphatic heterocycles. The lowest BCUT2D eigenvalue weighted by atomic mass is 9.94. The molecule has 1 heterocycles. The number of hydrogen-bond acceptors (Lipinski definition) is 3. The molecule has 6 nitrogen and oxygen atoms in total. The van der Waals surface area contributed by atoms with Gasteiger partial charge >= 0.3 is 5.97 Å². The number of aromatic amines is 1. The van der Waals surface area contributed by atoms with Gasteiger partial charge in [-0.25, -0.2) is 0 Å². The van der Waals surface area contributed by atoms with E-state index in [0.29, 0.717) is 6.42 Å². The van der Waals surface area contributed by atoms with E-state index in [1.54, 1.807) is 7.11 Å². The van der Waals surface area contributed by atoms with Gasteiger partial charge in [0, 0.05) is 23.1 Å². The maximum Gasteiger partial charge on any atom is 0.308 e. The van der Waals surface area contributed by atoms with Crippen LogP contribution in [0.1, 0.15) is 37.7 Å². The third kappa shape index (κ3) is 3.95. The quantitative estimate of drug-likeness (QED) is 0.727. The van der Waals surface area contributed by atoms with Crippen LogP contribution in [0.25, 0.3) is 10.9 Å². The fourth-order valence-electron chi connectivity index (χ4n) is 3.64. The first-order valence-electron chi connectivity index (χ1n) is 8.74. The Kier molecular flexibility index (Phi) is 5.26. The van der Waals surface area contributed by atoms with Gasteiger partial charge in [-0.15, -0.1) is 0 Å². The van der Waals surface area contributed by atoms with E-state index in [2.05, 4.69) is 10.3 Å². The number of ether oxygens (including phenoxy) is 1. The first-order chi connectivity index (χ1) is 12.1. The molecule has 0 bridgehead atoms. The van der Waals surface area contributed by atoms with Crippen molar-refractivity contribution in [2.45, 2.75) is 44.6 Å². The first-order valence-corrected chi connectivity index (χ1v) is 8.74. The summed E-state index contributed by atoms with van der Waals surface area (Å²) in [6.45, 7) is 0. The molecule has 1 aromatic heterocycles. The SMILES string of the molecule is COc1ccc2[nH]cc(CC(=O)N[C@H]3CCCCC[C@H]3C(=O)O)c2c1. The van der Waals surface area contributed by atoms with Crippen molar-refractivity contribution in [3.8, 4) is 5.75 Å². The topological polar surface area (TPSA) is 91.4 Å². The van der Waals surface area contributed by atoms with Gasteiger partial charge in [0.05, 0.1) is 19.4 Å². The number of aromatic nitrogens is 1. The molecule has 1 aliphatic rings. The fourth-order valence-corrected chi connectivity index (χ4v) is 3.64. The van der Waals surface area contributed by atoms with Gasteiger partial charge in [-0.1, -0.05) is 19.3 Å². The smallest absolute Gasteiger partial charge is 0.308 e. The molecule has 2 atom stereocenters. The van der Waals surface area contributed by atoms with E-state index in [1.165, 1.54) is 0 Å². The lowest BCUT2D eigenvalue weighted by Gasteiger charge is -2.22. The zero-order valence-corrected chi connectivity index (χ0v) is 14.4. The summed E-state index contributed by atoms with van der Waals surface area (Å²) in [5.41, 5.74) is 1.83. The summed E-state index contributed by atoms with van der Waals surface area (Å²) in [6, 6.07) is 5.40. The van der Waals surface area contributed by atoms with Crippen LogP contribution in [0.3, 0.4) is 0 Å². The van der Waals surface area contributed by atoms with Gasteiger partial charge in [0.15, 0.2) is 0 Å². The van der Waals surface area contributed by atoms with Crippen LogP contribution < -0.4 is 10.1 Å². The van der Waals surface area contributed by atoms with Crippen molar-refractivity contribution in [2.75, 3.05) is 7.11 Å². The molecular formula is C19H24N2O4. The molecule has 1 aliphatic carbocycles. The molecule has 6 heteroatoms. The number of methoxy groups -OCH3 is 1. The number of carboxylic acid groups (broad SMARTS) is 1. The number of aliphatic carboxylic acids is 1. The minimum atomic E-state index is -0.816. The number of carbonyl (C=O) groups excluding carboxylic acids is 1. The standard InChI is InChI=1S/C19H24N2O4/c1-25-13-7-8-16-15(10-13)12(11-20-16)9-18(22)21-17-6-4-2-3-5-14(17)19(23)24/h7-8,10-11,14,17,20H,2-6,9H2,1H3,(H,21,22)(H,23,24)/t14-,17+/m1/s1.